The van der Waals surface area contributed by atoms with Gasteiger partial charge in [-0.2, -0.15) is 0 Å². The maximum Gasteiger partial charge on any atom is 0.282 e. The zero-order chi connectivity index (χ0) is 14.7. The van der Waals surface area contributed by atoms with E-state index in [0.717, 1.165) is 0 Å². The maximum absolute atomic E-state index is 12.4. The molecule has 1 aromatic rings. The number of hydrogen-bond acceptors (Lipinski definition) is 4. The number of nitro groups is 1. The second-order valence-corrected chi connectivity index (χ2v) is 4.63. The normalized spacial score (nSPS) is 17.8. The third-order valence-corrected chi connectivity index (χ3v) is 3.42. The van der Waals surface area contributed by atoms with Crippen molar-refractivity contribution in [1.29, 1.82) is 0 Å². The van der Waals surface area contributed by atoms with Crippen molar-refractivity contribution in [2.75, 3.05) is 5.88 Å². The van der Waals surface area contributed by atoms with Crippen molar-refractivity contribution in [3.63, 3.8) is 0 Å². The third kappa shape index (κ3) is 2.55. The number of nitro benzene ring substituents is 1. The van der Waals surface area contributed by atoms with Gasteiger partial charge in [0.1, 0.15) is 11.8 Å². The quantitative estimate of drug-likeness (QED) is 0.369. The average molecular weight is 295 g/mol. The molecular formula is C13H11ClN2O4. The molecule has 0 spiro atoms. The van der Waals surface area contributed by atoms with Gasteiger partial charge in [0, 0.05) is 23.7 Å². The van der Waals surface area contributed by atoms with Crippen molar-refractivity contribution < 1.29 is 14.5 Å². The molecule has 1 unspecified atom stereocenters. The number of carbonyl (C=O) groups is 2. The standard InChI is InChI=1S/C13H11ClN2O4/c14-6-10-5-9(8-17)7-15(10)13(18)11-3-1-2-4-12(11)16(19)20/h1-4,7-8,10H,5-6H2. The first-order chi connectivity index (χ1) is 9.58. The van der Waals surface area contributed by atoms with Crippen LogP contribution in [0.4, 0.5) is 5.69 Å². The van der Waals surface area contributed by atoms with Crippen LogP contribution in [0.5, 0.6) is 0 Å². The fraction of sp³-hybridized carbons (Fsp3) is 0.231. The lowest BCUT2D eigenvalue weighted by Gasteiger charge is -2.21. The average Bonchev–Trinajstić information content (AvgIpc) is 2.89. The van der Waals surface area contributed by atoms with E-state index in [2.05, 4.69) is 0 Å². The van der Waals surface area contributed by atoms with Gasteiger partial charge >= 0.3 is 0 Å². The molecule has 20 heavy (non-hydrogen) atoms. The predicted molar refractivity (Wildman–Crippen MR) is 72.5 cm³/mol. The fourth-order valence-corrected chi connectivity index (χ4v) is 2.35. The molecule has 1 heterocycles. The molecule has 1 atom stereocenters. The van der Waals surface area contributed by atoms with Gasteiger partial charge in [0.05, 0.1) is 11.0 Å². The smallest absolute Gasteiger partial charge is 0.282 e. The molecule has 6 nitrogen and oxygen atoms in total. The monoisotopic (exact) mass is 294 g/mol. The van der Waals surface area contributed by atoms with Gasteiger partial charge in [-0.15, -0.1) is 11.6 Å². The van der Waals surface area contributed by atoms with Gasteiger partial charge in [-0.3, -0.25) is 19.7 Å². The van der Waals surface area contributed by atoms with Gasteiger partial charge in [0.15, 0.2) is 0 Å². The van der Waals surface area contributed by atoms with E-state index in [-0.39, 0.29) is 23.2 Å². The molecule has 0 aliphatic carbocycles. The highest BCUT2D eigenvalue weighted by Crippen LogP contribution is 2.27. The van der Waals surface area contributed by atoms with Crippen LogP contribution >= 0.6 is 11.6 Å². The van der Waals surface area contributed by atoms with E-state index in [9.17, 15) is 19.7 Å². The molecule has 0 aromatic heterocycles. The molecule has 104 valence electrons. The number of rotatable bonds is 4. The number of para-hydroxylation sites is 1. The van der Waals surface area contributed by atoms with E-state index in [0.29, 0.717) is 18.3 Å². The summed E-state index contributed by atoms with van der Waals surface area (Å²) in [7, 11) is 0. The van der Waals surface area contributed by atoms with Crippen LogP contribution in [0, 0.1) is 10.1 Å². The van der Waals surface area contributed by atoms with Gasteiger partial charge < -0.3 is 4.90 Å². The number of alkyl halides is 1. The minimum Gasteiger partial charge on any atom is -0.310 e. The Morgan fingerprint density at radius 2 is 2.20 bits per heavy atom. The van der Waals surface area contributed by atoms with Crippen molar-refractivity contribution >= 4 is 29.5 Å². The summed E-state index contributed by atoms with van der Waals surface area (Å²) < 4.78 is 0. The summed E-state index contributed by atoms with van der Waals surface area (Å²) >= 11 is 5.78. The largest absolute Gasteiger partial charge is 0.310 e. The summed E-state index contributed by atoms with van der Waals surface area (Å²) in [5.41, 5.74) is 0.164. The van der Waals surface area contributed by atoms with E-state index in [1.165, 1.54) is 29.3 Å². The summed E-state index contributed by atoms with van der Waals surface area (Å²) in [6.07, 6.45) is 2.42. The van der Waals surface area contributed by atoms with Crippen LogP contribution in [-0.4, -0.2) is 33.9 Å². The number of hydrogen-bond donors (Lipinski definition) is 0. The Hall–Kier alpha value is -2.21. The van der Waals surface area contributed by atoms with E-state index < -0.39 is 10.8 Å². The predicted octanol–water partition coefficient (Wildman–Crippen LogP) is 2.13. The minimum absolute atomic E-state index is 0.0176. The summed E-state index contributed by atoms with van der Waals surface area (Å²) in [5, 5.41) is 10.9. The number of aldehydes is 1. The van der Waals surface area contributed by atoms with Gasteiger partial charge in [-0.05, 0) is 12.5 Å². The van der Waals surface area contributed by atoms with Crippen LogP contribution in [0.3, 0.4) is 0 Å². The van der Waals surface area contributed by atoms with E-state index >= 15 is 0 Å². The van der Waals surface area contributed by atoms with Gasteiger partial charge in [0.25, 0.3) is 11.6 Å². The van der Waals surface area contributed by atoms with E-state index in [4.69, 9.17) is 11.6 Å². The molecule has 0 fully saturated rings. The molecule has 2 rings (SSSR count). The lowest BCUT2D eigenvalue weighted by molar-refractivity contribution is -0.385. The number of nitrogens with zero attached hydrogens (tertiary/aromatic N) is 2. The summed E-state index contributed by atoms with van der Waals surface area (Å²) in [5.74, 6) is -0.375. The highest BCUT2D eigenvalue weighted by atomic mass is 35.5. The molecule has 0 saturated heterocycles. The summed E-state index contributed by atoms with van der Waals surface area (Å²) in [6, 6.07) is 5.34. The molecular weight excluding hydrogens is 284 g/mol. The van der Waals surface area contributed by atoms with Crippen molar-refractivity contribution in [1.82, 2.24) is 4.90 Å². The summed E-state index contributed by atoms with van der Waals surface area (Å²) in [6.45, 7) is 0. The highest BCUT2D eigenvalue weighted by Gasteiger charge is 2.32. The van der Waals surface area contributed by atoms with Crippen molar-refractivity contribution in [2.45, 2.75) is 12.5 Å². The molecule has 0 bridgehead atoms. The molecule has 7 heteroatoms. The van der Waals surface area contributed by atoms with Gasteiger partial charge in [-0.25, -0.2) is 0 Å². The fourth-order valence-electron chi connectivity index (χ4n) is 2.09. The Kier molecular flexibility index (Phi) is 4.14. The molecule has 1 amide bonds. The number of halogens is 1. The van der Waals surface area contributed by atoms with Crippen LogP contribution in [0.1, 0.15) is 16.8 Å². The topological polar surface area (TPSA) is 80.5 Å². The van der Waals surface area contributed by atoms with Crippen molar-refractivity contribution in [3.05, 3.63) is 51.7 Å². The Bertz CT molecular complexity index is 600. The Balaban J connectivity index is 2.38. The summed E-state index contributed by atoms with van der Waals surface area (Å²) in [4.78, 5) is 34.8. The molecule has 0 radical (unpaired) electrons. The van der Waals surface area contributed by atoms with Crippen molar-refractivity contribution in [3.8, 4) is 0 Å². The van der Waals surface area contributed by atoms with Crippen LogP contribution in [0.2, 0.25) is 0 Å². The first-order valence-electron chi connectivity index (χ1n) is 5.86. The van der Waals surface area contributed by atoms with Crippen LogP contribution in [-0.2, 0) is 4.79 Å². The van der Waals surface area contributed by atoms with Crippen LogP contribution in [0.25, 0.3) is 0 Å². The molecule has 0 saturated carbocycles. The molecule has 1 aliphatic heterocycles. The van der Waals surface area contributed by atoms with Crippen LogP contribution < -0.4 is 0 Å². The van der Waals surface area contributed by atoms with Crippen molar-refractivity contribution in [2.24, 2.45) is 0 Å². The Morgan fingerprint density at radius 3 is 2.80 bits per heavy atom. The zero-order valence-electron chi connectivity index (χ0n) is 10.4. The highest BCUT2D eigenvalue weighted by molar-refractivity contribution is 6.18. The van der Waals surface area contributed by atoms with E-state index in [1.54, 1.807) is 6.07 Å². The third-order valence-electron chi connectivity index (χ3n) is 3.06. The SMILES string of the molecule is O=CC1=CN(C(=O)c2ccccc2[N+](=O)[O-])C(CCl)C1. The second-order valence-electron chi connectivity index (χ2n) is 4.32. The Morgan fingerprint density at radius 1 is 1.50 bits per heavy atom. The zero-order valence-corrected chi connectivity index (χ0v) is 11.1. The lowest BCUT2D eigenvalue weighted by atomic mass is 10.1. The maximum atomic E-state index is 12.4. The first-order valence-corrected chi connectivity index (χ1v) is 6.40. The first kappa shape index (κ1) is 14.2. The van der Waals surface area contributed by atoms with E-state index in [1.807, 2.05) is 0 Å². The Labute approximate surface area is 119 Å². The molecule has 1 aliphatic rings. The number of carbonyl (C=O) groups excluding carboxylic acids is 2. The number of benzene rings is 1. The van der Waals surface area contributed by atoms with Crippen LogP contribution in [0.15, 0.2) is 36.0 Å². The van der Waals surface area contributed by atoms with Gasteiger partial charge in [0.2, 0.25) is 0 Å². The molecule has 0 N–H and O–H groups in total. The minimum atomic E-state index is -0.608. The molecule has 1 aromatic carbocycles. The second kappa shape index (κ2) is 5.83. The lowest BCUT2D eigenvalue weighted by Crippen LogP contribution is -2.34. The van der Waals surface area contributed by atoms with Gasteiger partial charge in [-0.1, -0.05) is 12.1 Å². The number of amides is 1.